The minimum Gasteiger partial charge on any atom is -0.380 e. The number of rotatable bonds is 6. The summed E-state index contributed by atoms with van der Waals surface area (Å²) >= 11 is 5.89. The Morgan fingerprint density at radius 2 is 1.81 bits per heavy atom. The van der Waals surface area contributed by atoms with Crippen molar-refractivity contribution in [2.75, 3.05) is 5.32 Å². The number of hydrogen-bond acceptors (Lipinski definition) is 3. The van der Waals surface area contributed by atoms with Crippen molar-refractivity contribution in [2.24, 2.45) is 0 Å². The Kier molecular flexibility index (Phi) is 5.87. The highest BCUT2D eigenvalue weighted by Gasteiger charge is 2.07. The van der Waals surface area contributed by atoms with Crippen LogP contribution in [0.3, 0.4) is 0 Å². The van der Waals surface area contributed by atoms with Crippen LogP contribution in [0.2, 0.25) is 5.02 Å². The second kappa shape index (κ2) is 8.50. The second-order valence-electron chi connectivity index (χ2n) is 6.11. The number of benzene rings is 2. The van der Waals surface area contributed by atoms with E-state index in [1.54, 1.807) is 18.5 Å². The Labute approximate surface area is 158 Å². The summed E-state index contributed by atoms with van der Waals surface area (Å²) in [7, 11) is 0. The molecule has 2 aromatic carbocycles. The summed E-state index contributed by atoms with van der Waals surface area (Å²) in [5.74, 6) is -0.144. The Hall–Kier alpha value is -2.85. The molecule has 3 aromatic rings. The van der Waals surface area contributed by atoms with E-state index in [2.05, 4.69) is 21.7 Å². The summed E-state index contributed by atoms with van der Waals surface area (Å²) in [5, 5.41) is 6.91. The van der Waals surface area contributed by atoms with Crippen LogP contribution in [-0.2, 0) is 13.1 Å². The van der Waals surface area contributed by atoms with E-state index in [1.165, 1.54) is 5.56 Å². The third-order valence-corrected chi connectivity index (χ3v) is 4.20. The van der Waals surface area contributed by atoms with E-state index in [0.717, 1.165) is 16.8 Å². The molecule has 4 nitrogen and oxygen atoms in total. The molecule has 132 valence electrons. The van der Waals surface area contributed by atoms with Crippen LogP contribution in [0.1, 0.15) is 27.0 Å². The van der Waals surface area contributed by atoms with Crippen molar-refractivity contribution in [3.8, 4) is 0 Å². The minimum absolute atomic E-state index is 0.144. The average molecular weight is 366 g/mol. The molecule has 0 aliphatic rings. The van der Waals surface area contributed by atoms with Crippen LogP contribution in [0.5, 0.6) is 0 Å². The zero-order valence-corrected chi connectivity index (χ0v) is 15.3. The molecule has 1 aromatic heterocycles. The van der Waals surface area contributed by atoms with E-state index < -0.39 is 0 Å². The predicted molar refractivity (Wildman–Crippen MR) is 105 cm³/mol. The number of halogens is 1. The Morgan fingerprint density at radius 1 is 1.00 bits per heavy atom. The fraction of sp³-hybridized carbons (Fsp3) is 0.143. The first-order valence-electron chi connectivity index (χ1n) is 8.37. The lowest BCUT2D eigenvalue weighted by Crippen LogP contribution is -2.23. The molecule has 26 heavy (non-hydrogen) atoms. The van der Waals surface area contributed by atoms with Gasteiger partial charge in [0, 0.05) is 30.5 Å². The summed E-state index contributed by atoms with van der Waals surface area (Å²) in [6.07, 6.45) is 3.27. The largest absolute Gasteiger partial charge is 0.380 e. The fourth-order valence-electron chi connectivity index (χ4n) is 2.57. The van der Waals surface area contributed by atoms with Crippen LogP contribution in [0.25, 0.3) is 0 Å². The van der Waals surface area contributed by atoms with Crippen LogP contribution < -0.4 is 10.6 Å². The maximum atomic E-state index is 12.4. The van der Waals surface area contributed by atoms with E-state index in [0.29, 0.717) is 23.7 Å². The first-order valence-corrected chi connectivity index (χ1v) is 8.75. The van der Waals surface area contributed by atoms with E-state index in [-0.39, 0.29) is 5.91 Å². The molecule has 1 heterocycles. The highest BCUT2D eigenvalue weighted by molar-refractivity contribution is 6.30. The van der Waals surface area contributed by atoms with Crippen molar-refractivity contribution >= 4 is 23.2 Å². The van der Waals surface area contributed by atoms with Gasteiger partial charge in [-0.25, -0.2) is 0 Å². The molecule has 0 radical (unpaired) electrons. The highest BCUT2D eigenvalue weighted by Crippen LogP contribution is 2.13. The Balaban J connectivity index is 1.59. The molecule has 0 spiro atoms. The van der Waals surface area contributed by atoms with Crippen molar-refractivity contribution in [3.05, 3.63) is 94.3 Å². The quantitative estimate of drug-likeness (QED) is 0.672. The van der Waals surface area contributed by atoms with Crippen LogP contribution in [0, 0.1) is 6.92 Å². The lowest BCUT2D eigenvalue weighted by Gasteiger charge is -2.09. The first kappa shape index (κ1) is 18.0. The molecule has 0 aliphatic carbocycles. The van der Waals surface area contributed by atoms with Gasteiger partial charge in [0.2, 0.25) is 0 Å². The molecular formula is C21H20ClN3O. The molecule has 0 aliphatic heterocycles. The van der Waals surface area contributed by atoms with Crippen molar-refractivity contribution in [2.45, 2.75) is 20.0 Å². The van der Waals surface area contributed by atoms with Gasteiger partial charge in [0.05, 0.1) is 11.3 Å². The van der Waals surface area contributed by atoms with Crippen molar-refractivity contribution in [3.63, 3.8) is 0 Å². The van der Waals surface area contributed by atoms with E-state index in [4.69, 9.17) is 11.6 Å². The number of aryl methyl sites for hydroxylation is 1. The number of amides is 1. The molecule has 0 atom stereocenters. The smallest absolute Gasteiger partial charge is 0.253 e. The van der Waals surface area contributed by atoms with Gasteiger partial charge >= 0.3 is 0 Å². The third kappa shape index (κ3) is 5.07. The summed E-state index contributed by atoms with van der Waals surface area (Å²) in [6, 6.07) is 17.5. The number of hydrogen-bond donors (Lipinski definition) is 2. The molecule has 0 saturated heterocycles. The lowest BCUT2D eigenvalue weighted by molar-refractivity contribution is 0.0950. The zero-order valence-electron chi connectivity index (χ0n) is 14.5. The second-order valence-corrected chi connectivity index (χ2v) is 6.55. The number of pyridine rings is 1. The highest BCUT2D eigenvalue weighted by atomic mass is 35.5. The number of anilines is 1. The van der Waals surface area contributed by atoms with E-state index in [9.17, 15) is 4.79 Å². The molecular weight excluding hydrogens is 346 g/mol. The molecule has 0 saturated carbocycles. The average Bonchev–Trinajstić information content (AvgIpc) is 2.66. The first-order chi connectivity index (χ1) is 12.6. The molecule has 2 N–H and O–H groups in total. The predicted octanol–water partition coefficient (Wildman–Crippen LogP) is 4.59. The van der Waals surface area contributed by atoms with Gasteiger partial charge in [0.15, 0.2) is 0 Å². The standard InChI is InChI=1S/C21H20ClN3O/c1-15-3-2-4-17(9-15)12-25-21(26)18-10-20(14-23-13-18)24-11-16-5-7-19(22)8-6-16/h2-10,13-14,24H,11-12H2,1H3,(H,25,26). The van der Waals surface area contributed by atoms with Gasteiger partial charge in [-0.05, 0) is 36.2 Å². The van der Waals surface area contributed by atoms with Crippen molar-refractivity contribution in [1.29, 1.82) is 0 Å². The van der Waals surface area contributed by atoms with Gasteiger partial charge in [-0.15, -0.1) is 0 Å². The van der Waals surface area contributed by atoms with Crippen LogP contribution in [0.15, 0.2) is 67.0 Å². The van der Waals surface area contributed by atoms with Crippen molar-refractivity contribution in [1.82, 2.24) is 10.3 Å². The summed E-state index contributed by atoms with van der Waals surface area (Å²) < 4.78 is 0. The topological polar surface area (TPSA) is 54.0 Å². The maximum Gasteiger partial charge on any atom is 0.253 e. The van der Waals surface area contributed by atoms with Crippen LogP contribution in [-0.4, -0.2) is 10.9 Å². The fourth-order valence-corrected chi connectivity index (χ4v) is 2.70. The molecule has 0 unspecified atom stereocenters. The normalized spacial score (nSPS) is 10.4. The molecule has 0 bridgehead atoms. The van der Waals surface area contributed by atoms with Gasteiger partial charge in [-0.1, -0.05) is 53.6 Å². The number of carbonyl (C=O) groups excluding carboxylic acids is 1. The van der Waals surface area contributed by atoms with Crippen LogP contribution >= 0.6 is 11.6 Å². The van der Waals surface area contributed by atoms with Crippen molar-refractivity contribution < 1.29 is 4.79 Å². The Bertz CT molecular complexity index is 894. The van der Waals surface area contributed by atoms with Gasteiger partial charge in [0.25, 0.3) is 5.91 Å². The number of nitrogens with one attached hydrogen (secondary N) is 2. The van der Waals surface area contributed by atoms with Gasteiger partial charge in [0.1, 0.15) is 0 Å². The number of nitrogens with zero attached hydrogens (tertiary/aromatic N) is 1. The van der Waals surface area contributed by atoms with E-state index in [1.807, 2.05) is 49.4 Å². The summed E-state index contributed by atoms with van der Waals surface area (Å²) in [6.45, 7) is 3.15. The molecule has 5 heteroatoms. The Morgan fingerprint density at radius 3 is 2.58 bits per heavy atom. The SMILES string of the molecule is Cc1cccc(CNC(=O)c2cncc(NCc3ccc(Cl)cc3)c2)c1. The maximum absolute atomic E-state index is 12.4. The zero-order chi connectivity index (χ0) is 18.4. The van der Waals surface area contributed by atoms with Gasteiger partial charge < -0.3 is 10.6 Å². The number of carbonyl (C=O) groups is 1. The van der Waals surface area contributed by atoms with E-state index >= 15 is 0 Å². The van der Waals surface area contributed by atoms with Crippen LogP contribution in [0.4, 0.5) is 5.69 Å². The lowest BCUT2D eigenvalue weighted by atomic mass is 10.1. The number of aromatic nitrogens is 1. The minimum atomic E-state index is -0.144. The van der Waals surface area contributed by atoms with Gasteiger partial charge in [-0.3, -0.25) is 9.78 Å². The third-order valence-electron chi connectivity index (χ3n) is 3.95. The molecule has 3 rings (SSSR count). The molecule has 1 amide bonds. The molecule has 0 fully saturated rings. The summed E-state index contributed by atoms with van der Waals surface area (Å²) in [4.78, 5) is 16.5. The summed E-state index contributed by atoms with van der Waals surface area (Å²) in [5.41, 5.74) is 4.67. The monoisotopic (exact) mass is 365 g/mol. The van der Waals surface area contributed by atoms with Gasteiger partial charge in [-0.2, -0.15) is 0 Å².